The second kappa shape index (κ2) is 5.28. The van der Waals surface area contributed by atoms with Crippen molar-refractivity contribution >= 4 is 11.5 Å². The van der Waals surface area contributed by atoms with Crippen molar-refractivity contribution in [1.29, 1.82) is 5.26 Å². The highest BCUT2D eigenvalue weighted by Gasteiger charge is 2.01. The molecule has 1 N–H and O–H groups in total. The maximum absolute atomic E-state index is 8.76. The zero-order valence-electron chi connectivity index (χ0n) is 10.4. The molecule has 4 nitrogen and oxygen atoms in total. The SMILES string of the molecule is CC(C)c1ccc(Nc2cc(C#N)ncn2)cc1. The molecule has 0 spiro atoms. The molecule has 0 atom stereocenters. The summed E-state index contributed by atoms with van der Waals surface area (Å²) in [4.78, 5) is 7.89. The highest BCUT2D eigenvalue weighted by Crippen LogP contribution is 2.19. The Morgan fingerprint density at radius 3 is 2.50 bits per heavy atom. The third-order valence-corrected chi connectivity index (χ3v) is 2.63. The summed E-state index contributed by atoms with van der Waals surface area (Å²) in [6.07, 6.45) is 1.38. The molecule has 1 heterocycles. The normalized spacial score (nSPS) is 10.1. The Labute approximate surface area is 106 Å². The van der Waals surface area contributed by atoms with Gasteiger partial charge in [0.05, 0.1) is 0 Å². The number of nitrogens with one attached hydrogen (secondary N) is 1. The van der Waals surface area contributed by atoms with E-state index in [-0.39, 0.29) is 0 Å². The first-order chi connectivity index (χ1) is 8.69. The van der Waals surface area contributed by atoms with Crippen LogP contribution in [0.4, 0.5) is 11.5 Å². The molecule has 0 saturated heterocycles. The van der Waals surface area contributed by atoms with Gasteiger partial charge in [-0.15, -0.1) is 0 Å². The molecule has 0 radical (unpaired) electrons. The fraction of sp³-hybridized carbons (Fsp3) is 0.214. The van der Waals surface area contributed by atoms with Gasteiger partial charge in [-0.3, -0.25) is 0 Å². The van der Waals surface area contributed by atoms with Gasteiger partial charge >= 0.3 is 0 Å². The largest absolute Gasteiger partial charge is 0.340 e. The summed E-state index contributed by atoms with van der Waals surface area (Å²) in [6, 6.07) is 11.8. The van der Waals surface area contributed by atoms with Crippen LogP contribution in [0.5, 0.6) is 0 Å². The third kappa shape index (κ3) is 2.83. The summed E-state index contributed by atoms with van der Waals surface area (Å²) in [6.45, 7) is 4.32. The topological polar surface area (TPSA) is 61.6 Å². The van der Waals surface area contributed by atoms with Gasteiger partial charge in [-0.25, -0.2) is 9.97 Å². The molecule has 2 rings (SSSR count). The minimum Gasteiger partial charge on any atom is -0.340 e. The summed E-state index contributed by atoms with van der Waals surface area (Å²) >= 11 is 0. The van der Waals surface area contributed by atoms with Crippen LogP contribution in [-0.4, -0.2) is 9.97 Å². The fourth-order valence-electron chi connectivity index (χ4n) is 1.59. The molecule has 0 unspecified atom stereocenters. The molecule has 4 heteroatoms. The minimum absolute atomic E-state index is 0.353. The molecule has 1 aromatic carbocycles. The molecule has 0 aliphatic carbocycles. The standard InChI is InChI=1S/C14H14N4/c1-10(2)11-3-5-12(6-4-11)18-14-7-13(8-15)16-9-17-14/h3-7,9-10H,1-2H3,(H,16,17,18). The van der Waals surface area contributed by atoms with Gasteiger partial charge in [-0.05, 0) is 23.6 Å². The number of benzene rings is 1. The predicted octanol–water partition coefficient (Wildman–Crippen LogP) is 3.22. The zero-order chi connectivity index (χ0) is 13.0. The summed E-state index contributed by atoms with van der Waals surface area (Å²) in [7, 11) is 0. The molecule has 90 valence electrons. The molecule has 1 aromatic heterocycles. The van der Waals surface area contributed by atoms with E-state index in [0.717, 1.165) is 5.69 Å². The maximum atomic E-state index is 8.76. The van der Waals surface area contributed by atoms with Gasteiger partial charge in [0.25, 0.3) is 0 Å². The predicted molar refractivity (Wildman–Crippen MR) is 70.6 cm³/mol. The lowest BCUT2D eigenvalue weighted by molar-refractivity contribution is 0.867. The molecule has 0 aliphatic rings. The van der Waals surface area contributed by atoms with E-state index in [1.165, 1.54) is 11.9 Å². The van der Waals surface area contributed by atoms with E-state index >= 15 is 0 Å². The van der Waals surface area contributed by atoms with Crippen LogP contribution in [0.2, 0.25) is 0 Å². The van der Waals surface area contributed by atoms with Crippen molar-refractivity contribution < 1.29 is 0 Å². The van der Waals surface area contributed by atoms with Crippen molar-refractivity contribution in [2.24, 2.45) is 0 Å². The van der Waals surface area contributed by atoms with Crippen molar-refractivity contribution in [3.05, 3.63) is 47.9 Å². The molecule has 0 fully saturated rings. The Morgan fingerprint density at radius 2 is 1.89 bits per heavy atom. The van der Waals surface area contributed by atoms with Crippen LogP contribution in [0.15, 0.2) is 36.7 Å². The average molecular weight is 238 g/mol. The van der Waals surface area contributed by atoms with Crippen LogP contribution < -0.4 is 5.32 Å². The minimum atomic E-state index is 0.353. The van der Waals surface area contributed by atoms with Crippen molar-refractivity contribution in [2.75, 3.05) is 5.32 Å². The Bertz CT molecular complexity index is 567. The smallest absolute Gasteiger partial charge is 0.145 e. The van der Waals surface area contributed by atoms with E-state index in [4.69, 9.17) is 5.26 Å². The van der Waals surface area contributed by atoms with E-state index in [0.29, 0.717) is 17.4 Å². The van der Waals surface area contributed by atoms with Crippen LogP contribution in [0.25, 0.3) is 0 Å². The van der Waals surface area contributed by atoms with E-state index < -0.39 is 0 Å². The second-order valence-corrected chi connectivity index (χ2v) is 4.30. The molecule has 0 bridgehead atoms. The molecular weight excluding hydrogens is 224 g/mol. The lowest BCUT2D eigenvalue weighted by Crippen LogP contribution is -1.96. The molecule has 0 aliphatic heterocycles. The van der Waals surface area contributed by atoms with Crippen LogP contribution in [0.3, 0.4) is 0 Å². The van der Waals surface area contributed by atoms with Crippen molar-refractivity contribution in [1.82, 2.24) is 9.97 Å². The first-order valence-corrected chi connectivity index (χ1v) is 5.78. The lowest BCUT2D eigenvalue weighted by atomic mass is 10.0. The van der Waals surface area contributed by atoms with Crippen molar-refractivity contribution in [2.45, 2.75) is 19.8 Å². The maximum Gasteiger partial charge on any atom is 0.145 e. The van der Waals surface area contributed by atoms with Crippen LogP contribution in [-0.2, 0) is 0 Å². The van der Waals surface area contributed by atoms with Gasteiger partial charge in [-0.1, -0.05) is 26.0 Å². The average Bonchev–Trinajstić information content (AvgIpc) is 2.39. The van der Waals surface area contributed by atoms with Crippen LogP contribution in [0.1, 0.15) is 31.0 Å². The number of hydrogen-bond donors (Lipinski definition) is 1. The summed E-state index contributed by atoms with van der Waals surface area (Å²) in [5.74, 6) is 1.14. The van der Waals surface area contributed by atoms with Crippen molar-refractivity contribution in [3.8, 4) is 6.07 Å². The molecule has 2 aromatic rings. The zero-order valence-corrected chi connectivity index (χ0v) is 10.4. The van der Waals surface area contributed by atoms with E-state index in [1.54, 1.807) is 6.07 Å². The quantitative estimate of drug-likeness (QED) is 0.891. The molecule has 0 amide bonds. The number of aromatic nitrogens is 2. The summed E-state index contributed by atoms with van der Waals surface area (Å²) < 4.78 is 0. The Kier molecular flexibility index (Phi) is 3.54. The number of nitriles is 1. The lowest BCUT2D eigenvalue weighted by Gasteiger charge is -2.08. The highest BCUT2D eigenvalue weighted by atomic mass is 15.0. The van der Waals surface area contributed by atoms with Crippen LogP contribution >= 0.6 is 0 Å². The van der Waals surface area contributed by atoms with E-state index in [1.807, 2.05) is 18.2 Å². The monoisotopic (exact) mass is 238 g/mol. The number of hydrogen-bond acceptors (Lipinski definition) is 4. The van der Waals surface area contributed by atoms with Gasteiger partial charge in [-0.2, -0.15) is 5.26 Å². The number of nitrogens with zero attached hydrogens (tertiary/aromatic N) is 3. The number of rotatable bonds is 3. The molecular formula is C14H14N4. The molecule has 0 saturated carbocycles. The Morgan fingerprint density at radius 1 is 1.17 bits per heavy atom. The van der Waals surface area contributed by atoms with Gasteiger partial charge in [0, 0.05) is 11.8 Å². The van der Waals surface area contributed by atoms with E-state index in [2.05, 4.69) is 41.3 Å². The summed E-state index contributed by atoms with van der Waals surface area (Å²) in [5, 5.41) is 11.9. The van der Waals surface area contributed by atoms with Crippen molar-refractivity contribution in [3.63, 3.8) is 0 Å². The van der Waals surface area contributed by atoms with E-state index in [9.17, 15) is 0 Å². The summed E-state index contributed by atoms with van der Waals surface area (Å²) in [5.41, 5.74) is 2.59. The fourth-order valence-corrected chi connectivity index (χ4v) is 1.59. The van der Waals surface area contributed by atoms with Gasteiger partial charge < -0.3 is 5.32 Å². The van der Waals surface area contributed by atoms with Crippen LogP contribution in [0, 0.1) is 11.3 Å². The molecule has 18 heavy (non-hydrogen) atoms. The Balaban J connectivity index is 2.16. The van der Waals surface area contributed by atoms with Gasteiger partial charge in [0.15, 0.2) is 0 Å². The third-order valence-electron chi connectivity index (χ3n) is 2.63. The number of anilines is 2. The first kappa shape index (κ1) is 12.1. The first-order valence-electron chi connectivity index (χ1n) is 5.78. The second-order valence-electron chi connectivity index (χ2n) is 4.30. The Hall–Kier alpha value is -2.41. The van der Waals surface area contributed by atoms with Gasteiger partial charge in [0.2, 0.25) is 0 Å². The van der Waals surface area contributed by atoms with Gasteiger partial charge in [0.1, 0.15) is 23.9 Å². The highest BCUT2D eigenvalue weighted by molar-refractivity contribution is 5.57.